The molecule has 0 unspecified atom stereocenters. The molecule has 0 amide bonds. The van der Waals surface area contributed by atoms with Crippen molar-refractivity contribution in [2.75, 3.05) is 6.61 Å². The van der Waals surface area contributed by atoms with Gasteiger partial charge in [-0.2, -0.15) is 0 Å². The van der Waals surface area contributed by atoms with E-state index in [-0.39, 0.29) is 0 Å². The average molecular weight is 373 g/mol. The fraction of sp³-hybridized carbons (Fsp3) is 0.429. The Labute approximate surface area is 146 Å². The third-order valence-electron chi connectivity index (χ3n) is 4.76. The SMILES string of the molecule is CCC[C@@H]1[C@H](C[Se]c2ccccc2)OCC[C@H]1c1ccccc1. The van der Waals surface area contributed by atoms with E-state index in [1.807, 2.05) is 0 Å². The Morgan fingerprint density at radius 2 is 1.70 bits per heavy atom. The number of rotatable bonds is 6. The zero-order chi connectivity index (χ0) is 15.9. The summed E-state index contributed by atoms with van der Waals surface area (Å²) >= 11 is 0.510. The monoisotopic (exact) mass is 374 g/mol. The molecule has 0 N–H and O–H groups in total. The van der Waals surface area contributed by atoms with Gasteiger partial charge in [0, 0.05) is 0 Å². The van der Waals surface area contributed by atoms with Crippen molar-refractivity contribution in [3.05, 3.63) is 66.2 Å². The molecule has 122 valence electrons. The van der Waals surface area contributed by atoms with Crippen LogP contribution in [0.15, 0.2) is 60.7 Å². The first kappa shape index (κ1) is 16.8. The molecule has 2 heteroatoms. The molecule has 0 spiro atoms. The number of hydrogen-bond donors (Lipinski definition) is 0. The molecule has 2 aromatic carbocycles. The van der Waals surface area contributed by atoms with Gasteiger partial charge in [-0.3, -0.25) is 0 Å². The Hall–Kier alpha value is -1.08. The molecule has 0 aliphatic carbocycles. The van der Waals surface area contributed by atoms with Crippen LogP contribution in [-0.2, 0) is 4.74 Å². The number of ether oxygens (including phenoxy) is 1. The normalized spacial score (nSPS) is 24.5. The molecule has 1 aliphatic rings. The second-order valence-electron chi connectivity index (χ2n) is 6.29. The average Bonchev–Trinajstić information content (AvgIpc) is 2.62. The molecule has 0 saturated carbocycles. The molecule has 23 heavy (non-hydrogen) atoms. The van der Waals surface area contributed by atoms with Crippen LogP contribution in [0, 0.1) is 5.92 Å². The molecule has 3 rings (SSSR count). The molecule has 1 heterocycles. The zero-order valence-electron chi connectivity index (χ0n) is 13.9. The van der Waals surface area contributed by atoms with Gasteiger partial charge in [-0.05, 0) is 0 Å². The Morgan fingerprint density at radius 3 is 2.39 bits per heavy atom. The zero-order valence-corrected chi connectivity index (χ0v) is 15.6. The molecule has 1 saturated heterocycles. The second-order valence-corrected chi connectivity index (χ2v) is 8.59. The van der Waals surface area contributed by atoms with Crippen LogP contribution in [0.25, 0.3) is 0 Å². The van der Waals surface area contributed by atoms with Crippen molar-refractivity contribution in [3.63, 3.8) is 0 Å². The third kappa shape index (κ3) is 4.47. The van der Waals surface area contributed by atoms with Crippen molar-refractivity contribution in [1.29, 1.82) is 0 Å². The Balaban J connectivity index is 1.70. The molecule has 2 aromatic rings. The first-order chi connectivity index (χ1) is 11.4. The van der Waals surface area contributed by atoms with Crippen molar-refractivity contribution in [2.45, 2.75) is 43.5 Å². The van der Waals surface area contributed by atoms with Gasteiger partial charge in [-0.15, -0.1) is 0 Å². The maximum atomic E-state index is 6.23. The van der Waals surface area contributed by atoms with E-state index in [1.165, 1.54) is 34.6 Å². The first-order valence-electron chi connectivity index (χ1n) is 8.73. The van der Waals surface area contributed by atoms with E-state index in [1.54, 1.807) is 0 Å². The van der Waals surface area contributed by atoms with E-state index in [9.17, 15) is 0 Å². The van der Waals surface area contributed by atoms with E-state index in [2.05, 4.69) is 67.6 Å². The minimum atomic E-state index is 0.425. The summed E-state index contributed by atoms with van der Waals surface area (Å²) in [4.78, 5) is 0. The Kier molecular flexibility index (Phi) is 6.33. The van der Waals surface area contributed by atoms with Gasteiger partial charge in [0.05, 0.1) is 0 Å². The van der Waals surface area contributed by atoms with E-state index in [0.717, 1.165) is 6.61 Å². The second kappa shape index (κ2) is 8.68. The molecule has 0 bridgehead atoms. The van der Waals surface area contributed by atoms with E-state index in [0.29, 0.717) is 32.9 Å². The third-order valence-corrected chi connectivity index (χ3v) is 7.07. The molecule has 3 atom stereocenters. The van der Waals surface area contributed by atoms with Gasteiger partial charge in [-0.25, -0.2) is 0 Å². The summed E-state index contributed by atoms with van der Waals surface area (Å²) < 4.78 is 7.72. The summed E-state index contributed by atoms with van der Waals surface area (Å²) in [5, 5.41) is 1.20. The van der Waals surface area contributed by atoms with Crippen LogP contribution in [0.1, 0.15) is 37.7 Å². The van der Waals surface area contributed by atoms with Crippen LogP contribution in [-0.4, -0.2) is 27.7 Å². The quantitative estimate of drug-likeness (QED) is 0.681. The fourth-order valence-corrected chi connectivity index (χ4v) is 5.85. The standard InChI is InChI=1S/C21H26OSe/c1-2-9-20-19(17-10-5-3-6-11-17)14-15-22-21(20)16-23-18-12-7-4-8-13-18/h3-8,10-13,19-21H,2,9,14-16H2,1H3/t19-,20-,21-/m0/s1. The van der Waals surface area contributed by atoms with Gasteiger partial charge < -0.3 is 0 Å². The van der Waals surface area contributed by atoms with Gasteiger partial charge in [0.15, 0.2) is 0 Å². The molecule has 1 nitrogen and oxygen atoms in total. The summed E-state index contributed by atoms with van der Waals surface area (Å²) in [5.74, 6) is 1.34. The van der Waals surface area contributed by atoms with E-state index < -0.39 is 0 Å². The summed E-state index contributed by atoms with van der Waals surface area (Å²) in [6, 6.07) is 22.0. The maximum absolute atomic E-state index is 6.23. The molecule has 0 aromatic heterocycles. The number of benzene rings is 2. The minimum absolute atomic E-state index is 0.425. The Morgan fingerprint density at radius 1 is 1.00 bits per heavy atom. The van der Waals surface area contributed by atoms with Crippen LogP contribution in [0.2, 0.25) is 5.32 Å². The van der Waals surface area contributed by atoms with Crippen molar-refractivity contribution >= 4 is 19.4 Å². The van der Waals surface area contributed by atoms with Crippen molar-refractivity contribution in [3.8, 4) is 0 Å². The van der Waals surface area contributed by atoms with Crippen molar-refractivity contribution in [2.24, 2.45) is 5.92 Å². The van der Waals surface area contributed by atoms with Crippen molar-refractivity contribution < 1.29 is 4.74 Å². The van der Waals surface area contributed by atoms with Crippen LogP contribution < -0.4 is 4.46 Å². The topological polar surface area (TPSA) is 9.23 Å². The predicted molar refractivity (Wildman–Crippen MR) is 98.6 cm³/mol. The van der Waals surface area contributed by atoms with Gasteiger partial charge in [0.25, 0.3) is 0 Å². The molecule has 0 radical (unpaired) electrons. The van der Waals surface area contributed by atoms with Crippen LogP contribution in [0.3, 0.4) is 0 Å². The van der Waals surface area contributed by atoms with Crippen molar-refractivity contribution in [1.82, 2.24) is 0 Å². The van der Waals surface area contributed by atoms with E-state index >= 15 is 0 Å². The molecule has 1 aliphatic heterocycles. The molecular formula is C21H26OSe. The summed E-state index contributed by atoms with van der Waals surface area (Å²) in [5.41, 5.74) is 1.51. The number of hydrogen-bond acceptors (Lipinski definition) is 1. The molecular weight excluding hydrogens is 347 g/mol. The summed E-state index contributed by atoms with van der Waals surface area (Å²) in [7, 11) is 0. The van der Waals surface area contributed by atoms with Crippen LogP contribution >= 0.6 is 0 Å². The summed E-state index contributed by atoms with van der Waals surface area (Å²) in [6.45, 7) is 3.21. The van der Waals surface area contributed by atoms with Gasteiger partial charge in [0.2, 0.25) is 0 Å². The Bertz CT molecular complexity index is 569. The fourth-order valence-electron chi connectivity index (χ4n) is 3.64. The van der Waals surface area contributed by atoms with E-state index in [4.69, 9.17) is 4.74 Å². The van der Waals surface area contributed by atoms with Gasteiger partial charge in [-0.1, -0.05) is 0 Å². The predicted octanol–water partition coefficient (Wildman–Crippen LogP) is 4.42. The molecule has 1 fully saturated rings. The van der Waals surface area contributed by atoms with Crippen LogP contribution in [0.5, 0.6) is 0 Å². The summed E-state index contributed by atoms with van der Waals surface area (Å²) in [6.07, 6.45) is 4.11. The first-order valence-corrected chi connectivity index (χ1v) is 10.8. The van der Waals surface area contributed by atoms with Gasteiger partial charge >= 0.3 is 146 Å². The van der Waals surface area contributed by atoms with Crippen LogP contribution in [0.4, 0.5) is 0 Å². The van der Waals surface area contributed by atoms with Gasteiger partial charge in [0.1, 0.15) is 0 Å².